The Labute approximate surface area is 113 Å². The maximum atomic E-state index is 11.3. The maximum Gasteiger partial charge on any atom is 0.500 e. The number of carbonyl (C=O) groups is 1. The van der Waals surface area contributed by atoms with Gasteiger partial charge < -0.3 is 19.0 Å². The molecular formula is C9H19NO4S2Si. The summed E-state index contributed by atoms with van der Waals surface area (Å²) in [5.74, 6) is 0. The number of thiocarbonyl (C=S) groups is 1. The molecule has 0 amide bonds. The molecule has 5 nitrogen and oxygen atoms in total. The van der Waals surface area contributed by atoms with Crippen molar-refractivity contribution in [3.8, 4) is 0 Å². The average molecular weight is 297 g/mol. The van der Waals surface area contributed by atoms with Gasteiger partial charge in [0.05, 0.1) is 0 Å². The Kier molecular flexibility index (Phi) is 9.01. The van der Waals surface area contributed by atoms with Gasteiger partial charge in [0.1, 0.15) is 4.32 Å². The molecule has 0 aliphatic heterocycles. The highest BCUT2D eigenvalue weighted by atomic mass is 32.2. The highest BCUT2D eigenvalue weighted by Gasteiger charge is 2.36. The lowest BCUT2D eigenvalue weighted by molar-refractivity contribution is -0.111. The Morgan fingerprint density at radius 2 is 1.76 bits per heavy atom. The minimum Gasteiger partial charge on any atom is -0.384 e. The van der Waals surface area contributed by atoms with E-state index in [1.807, 2.05) is 0 Å². The van der Waals surface area contributed by atoms with Crippen molar-refractivity contribution in [2.24, 2.45) is 5.73 Å². The number of hydrogen-bond donors (Lipinski definition) is 1. The zero-order valence-electron chi connectivity index (χ0n) is 10.4. The van der Waals surface area contributed by atoms with Crippen molar-refractivity contribution < 1.29 is 18.1 Å². The molecule has 0 atom stereocenters. The summed E-state index contributed by atoms with van der Waals surface area (Å²) in [6.07, 6.45) is 2.01. The first-order valence-corrected chi connectivity index (χ1v) is 8.31. The van der Waals surface area contributed by atoms with Gasteiger partial charge in [-0.1, -0.05) is 12.2 Å². The predicted molar refractivity (Wildman–Crippen MR) is 74.8 cm³/mol. The zero-order valence-corrected chi connectivity index (χ0v) is 13.0. The van der Waals surface area contributed by atoms with E-state index in [0.29, 0.717) is 12.5 Å². The van der Waals surface area contributed by atoms with Crippen LogP contribution in [0.15, 0.2) is 0 Å². The molecule has 100 valence electrons. The van der Waals surface area contributed by atoms with Crippen molar-refractivity contribution in [1.82, 2.24) is 0 Å². The molecule has 0 aromatic heterocycles. The zero-order chi connectivity index (χ0) is 13.3. The molecule has 8 heteroatoms. The van der Waals surface area contributed by atoms with Crippen molar-refractivity contribution in [1.29, 1.82) is 0 Å². The monoisotopic (exact) mass is 297 g/mol. The van der Waals surface area contributed by atoms with Crippen molar-refractivity contribution >= 4 is 42.2 Å². The van der Waals surface area contributed by atoms with Crippen LogP contribution < -0.4 is 5.73 Å². The molecule has 0 heterocycles. The lowest BCUT2D eigenvalue weighted by Gasteiger charge is -2.24. The molecule has 0 unspecified atom stereocenters. The second-order valence-corrected chi connectivity index (χ2v) is 8.18. The summed E-state index contributed by atoms with van der Waals surface area (Å²) in [5.41, 5.74) is 5.25. The first-order valence-electron chi connectivity index (χ1n) is 5.15. The Hall–Kier alpha value is 0.00688. The molecule has 17 heavy (non-hydrogen) atoms. The van der Waals surface area contributed by atoms with Gasteiger partial charge in [-0.3, -0.25) is 4.79 Å². The van der Waals surface area contributed by atoms with E-state index in [0.717, 1.165) is 24.6 Å². The average Bonchev–Trinajstić information content (AvgIpc) is 2.29. The fourth-order valence-corrected chi connectivity index (χ4v) is 3.88. The van der Waals surface area contributed by atoms with E-state index in [4.69, 9.17) is 19.0 Å². The number of rotatable bonds is 8. The minimum absolute atomic E-state index is 0.00276. The summed E-state index contributed by atoms with van der Waals surface area (Å²) in [5, 5.41) is -0.00276. The van der Waals surface area contributed by atoms with Crippen molar-refractivity contribution in [2.45, 2.75) is 25.3 Å². The molecule has 0 aromatic carbocycles. The second-order valence-electron chi connectivity index (χ2n) is 3.30. The van der Waals surface area contributed by atoms with Crippen LogP contribution in [0.25, 0.3) is 0 Å². The summed E-state index contributed by atoms with van der Waals surface area (Å²) >= 11 is 5.55. The normalized spacial score (nSPS) is 11.5. The van der Waals surface area contributed by atoms with E-state index in [1.54, 1.807) is 21.3 Å². The van der Waals surface area contributed by atoms with Crippen LogP contribution in [0.2, 0.25) is 6.04 Å². The second kappa shape index (κ2) is 9.01. The van der Waals surface area contributed by atoms with E-state index >= 15 is 0 Å². The van der Waals surface area contributed by atoms with Gasteiger partial charge in [0, 0.05) is 33.8 Å². The van der Waals surface area contributed by atoms with Crippen LogP contribution in [0.4, 0.5) is 0 Å². The molecule has 0 spiro atoms. The lowest BCUT2D eigenvalue weighted by atomic mass is 10.3. The third kappa shape index (κ3) is 7.12. The molecule has 0 fully saturated rings. The van der Waals surface area contributed by atoms with E-state index in [2.05, 4.69) is 12.2 Å². The number of unbranched alkanes of at least 4 members (excludes halogenated alkanes) is 1. The SMILES string of the molecule is CO[Si](CCCCC(=O)SC(N)=S)(OC)OC. The van der Waals surface area contributed by atoms with Gasteiger partial charge in [0.15, 0.2) is 5.12 Å². The first-order chi connectivity index (χ1) is 7.99. The van der Waals surface area contributed by atoms with Gasteiger partial charge in [0.2, 0.25) is 0 Å². The molecule has 2 N–H and O–H groups in total. The van der Waals surface area contributed by atoms with Gasteiger partial charge in [-0.15, -0.1) is 0 Å². The highest BCUT2D eigenvalue weighted by molar-refractivity contribution is 8.32. The number of nitrogens with two attached hydrogens (primary N) is 1. The fourth-order valence-electron chi connectivity index (χ4n) is 1.33. The molecule has 0 saturated carbocycles. The predicted octanol–water partition coefficient (Wildman–Crippen LogP) is 1.54. The highest BCUT2D eigenvalue weighted by Crippen LogP contribution is 2.18. The van der Waals surface area contributed by atoms with E-state index in [9.17, 15) is 4.79 Å². The van der Waals surface area contributed by atoms with Crippen LogP contribution in [0, 0.1) is 0 Å². The Balaban J connectivity index is 3.83. The molecular weight excluding hydrogens is 278 g/mol. The first kappa shape index (κ1) is 17.0. The molecule has 0 aliphatic carbocycles. The number of hydrogen-bond acceptors (Lipinski definition) is 6. The Bertz CT molecular complexity index is 253. The molecule has 0 saturated heterocycles. The van der Waals surface area contributed by atoms with Crippen molar-refractivity contribution in [3.05, 3.63) is 0 Å². The van der Waals surface area contributed by atoms with Crippen molar-refractivity contribution in [2.75, 3.05) is 21.3 Å². The summed E-state index contributed by atoms with van der Waals surface area (Å²) < 4.78 is 16.0. The van der Waals surface area contributed by atoms with Crippen LogP contribution in [0.3, 0.4) is 0 Å². The van der Waals surface area contributed by atoms with E-state index in [-0.39, 0.29) is 9.44 Å². The summed E-state index contributed by atoms with van der Waals surface area (Å²) in [4.78, 5) is 11.3. The van der Waals surface area contributed by atoms with Gasteiger partial charge >= 0.3 is 8.80 Å². The quantitative estimate of drug-likeness (QED) is 0.414. The number of carbonyl (C=O) groups excluding carboxylic acids is 1. The van der Waals surface area contributed by atoms with Crippen LogP contribution in [-0.4, -0.2) is 39.6 Å². The van der Waals surface area contributed by atoms with Crippen LogP contribution in [0.5, 0.6) is 0 Å². The summed E-state index contributed by atoms with van der Waals surface area (Å²) in [6.45, 7) is 0. The Morgan fingerprint density at radius 1 is 1.24 bits per heavy atom. The lowest BCUT2D eigenvalue weighted by Crippen LogP contribution is -2.42. The minimum atomic E-state index is -2.49. The van der Waals surface area contributed by atoms with Gasteiger partial charge in [-0.2, -0.15) is 0 Å². The van der Waals surface area contributed by atoms with Gasteiger partial charge in [-0.05, 0) is 24.6 Å². The summed E-state index contributed by atoms with van der Waals surface area (Å²) in [7, 11) is 2.24. The van der Waals surface area contributed by atoms with E-state index < -0.39 is 8.80 Å². The largest absolute Gasteiger partial charge is 0.500 e. The molecule has 0 aliphatic rings. The fraction of sp³-hybridized carbons (Fsp3) is 0.778. The van der Waals surface area contributed by atoms with Crippen molar-refractivity contribution in [3.63, 3.8) is 0 Å². The van der Waals surface area contributed by atoms with Crippen LogP contribution in [0.1, 0.15) is 19.3 Å². The molecule has 0 bridgehead atoms. The number of thioether (sulfide) groups is 1. The van der Waals surface area contributed by atoms with E-state index in [1.165, 1.54) is 0 Å². The van der Waals surface area contributed by atoms with Crippen LogP contribution in [-0.2, 0) is 18.1 Å². The topological polar surface area (TPSA) is 70.8 Å². The molecule has 0 aromatic rings. The molecule has 0 rings (SSSR count). The smallest absolute Gasteiger partial charge is 0.384 e. The van der Waals surface area contributed by atoms with Gasteiger partial charge in [0.25, 0.3) is 0 Å². The van der Waals surface area contributed by atoms with Crippen LogP contribution >= 0.6 is 24.0 Å². The maximum absolute atomic E-state index is 11.3. The third-order valence-corrected chi connectivity index (χ3v) is 5.98. The van der Waals surface area contributed by atoms with Gasteiger partial charge in [-0.25, -0.2) is 0 Å². The third-order valence-electron chi connectivity index (χ3n) is 2.26. The standard InChI is InChI=1S/C9H19NO4S2Si/c1-12-17(13-2,14-3)7-5-4-6-8(11)16-9(10)15/h4-7H2,1-3H3,(H2,10,15). The molecule has 0 radical (unpaired) electrons. The summed E-state index contributed by atoms with van der Waals surface area (Å²) in [6, 6.07) is 0.696. The Morgan fingerprint density at radius 3 is 2.18 bits per heavy atom.